The number of aromatic nitrogens is 1. The zero-order valence-corrected chi connectivity index (χ0v) is 11.3. The van der Waals surface area contributed by atoms with Crippen molar-refractivity contribution in [2.24, 2.45) is 0 Å². The molecule has 0 spiro atoms. The molecule has 4 nitrogen and oxygen atoms in total. The SMILES string of the molecule is CC(Cl)c1nc2c(C(F)(F)F)cccc2c(O)c1C(=O)O. The number of nitrogens with zero attached hydrogens (tertiary/aromatic N) is 1. The number of fused-ring (bicyclic) bond motifs is 1. The van der Waals surface area contributed by atoms with Crippen LogP contribution in [0.25, 0.3) is 10.9 Å². The molecular formula is C13H9ClF3NO3. The van der Waals surface area contributed by atoms with Crippen molar-refractivity contribution in [2.45, 2.75) is 18.5 Å². The average molecular weight is 320 g/mol. The molecule has 2 N–H and O–H groups in total. The number of alkyl halides is 4. The Morgan fingerprint density at radius 3 is 2.48 bits per heavy atom. The molecule has 1 aromatic carbocycles. The minimum absolute atomic E-state index is 0.289. The van der Waals surface area contributed by atoms with Crippen LogP contribution in [0.3, 0.4) is 0 Å². The lowest BCUT2D eigenvalue weighted by molar-refractivity contribution is -0.136. The summed E-state index contributed by atoms with van der Waals surface area (Å²) in [7, 11) is 0. The molecule has 1 atom stereocenters. The Bertz CT molecular complexity index is 729. The lowest BCUT2D eigenvalue weighted by Gasteiger charge is -2.15. The van der Waals surface area contributed by atoms with E-state index in [1.807, 2.05) is 0 Å². The van der Waals surface area contributed by atoms with Crippen LogP contribution in [0.15, 0.2) is 18.2 Å². The highest BCUT2D eigenvalue weighted by Gasteiger charge is 2.35. The quantitative estimate of drug-likeness (QED) is 0.822. The number of benzene rings is 1. The van der Waals surface area contributed by atoms with Gasteiger partial charge >= 0.3 is 12.1 Å². The number of aromatic carboxylic acids is 1. The first-order valence-electron chi connectivity index (χ1n) is 5.74. The van der Waals surface area contributed by atoms with Gasteiger partial charge in [-0.1, -0.05) is 6.07 Å². The van der Waals surface area contributed by atoms with Crippen molar-refractivity contribution in [1.29, 1.82) is 0 Å². The summed E-state index contributed by atoms with van der Waals surface area (Å²) < 4.78 is 38.9. The van der Waals surface area contributed by atoms with Crippen LogP contribution in [0, 0.1) is 0 Å². The van der Waals surface area contributed by atoms with E-state index in [1.54, 1.807) is 0 Å². The largest absolute Gasteiger partial charge is 0.506 e. The molecule has 2 aromatic rings. The number of carboxylic acids is 1. The second kappa shape index (κ2) is 5.07. The highest BCUT2D eigenvalue weighted by atomic mass is 35.5. The summed E-state index contributed by atoms with van der Waals surface area (Å²) in [5.74, 6) is -2.29. The molecule has 0 fully saturated rings. The molecule has 0 aliphatic heterocycles. The average Bonchev–Trinajstić information content (AvgIpc) is 2.36. The summed E-state index contributed by atoms with van der Waals surface area (Å²) in [5, 5.41) is 17.8. The Morgan fingerprint density at radius 2 is 2.00 bits per heavy atom. The summed E-state index contributed by atoms with van der Waals surface area (Å²) in [6.45, 7) is 1.36. The maximum Gasteiger partial charge on any atom is 0.418 e. The fraction of sp³-hybridized carbons (Fsp3) is 0.231. The van der Waals surface area contributed by atoms with Crippen LogP contribution in [0.4, 0.5) is 13.2 Å². The Balaban J connectivity index is 2.97. The molecule has 2 rings (SSSR count). The molecule has 0 aliphatic rings. The maximum absolute atomic E-state index is 13.0. The molecule has 21 heavy (non-hydrogen) atoms. The van der Waals surface area contributed by atoms with Gasteiger partial charge in [-0.2, -0.15) is 13.2 Å². The van der Waals surface area contributed by atoms with Crippen molar-refractivity contribution in [2.75, 3.05) is 0 Å². The number of rotatable bonds is 2. The lowest BCUT2D eigenvalue weighted by atomic mass is 10.0. The number of carboxylic acid groups (broad SMARTS) is 1. The van der Waals surface area contributed by atoms with Crippen LogP contribution in [-0.4, -0.2) is 21.2 Å². The fourth-order valence-electron chi connectivity index (χ4n) is 2.01. The van der Waals surface area contributed by atoms with Gasteiger partial charge in [-0.25, -0.2) is 9.78 Å². The van der Waals surface area contributed by atoms with E-state index < -0.39 is 39.9 Å². The van der Waals surface area contributed by atoms with E-state index >= 15 is 0 Å². The first kappa shape index (κ1) is 15.4. The Labute approximate surface area is 121 Å². The number of aromatic hydroxyl groups is 1. The standard InChI is InChI=1S/C13H9ClF3NO3/c1-5(14)9-8(12(20)21)11(19)6-3-2-4-7(10(6)18-9)13(15,16)17/h2-5H,1H3,(H,18,19)(H,20,21). The van der Waals surface area contributed by atoms with Crippen LogP contribution in [0.1, 0.15) is 33.9 Å². The Morgan fingerprint density at radius 1 is 1.38 bits per heavy atom. The topological polar surface area (TPSA) is 70.4 Å². The molecule has 1 aromatic heterocycles. The maximum atomic E-state index is 13.0. The molecule has 0 bridgehead atoms. The van der Waals surface area contributed by atoms with E-state index in [0.29, 0.717) is 0 Å². The summed E-state index contributed by atoms with van der Waals surface area (Å²) >= 11 is 5.77. The van der Waals surface area contributed by atoms with Crippen LogP contribution < -0.4 is 0 Å². The van der Waals surface area contributed by atoms with Gasteiger partial charge in [-0.05, 0) is 19.1 Å². The van der Waals surface area contributed by atoms with Crippen molar-refractivity contribution in [3.8, 4) is 5.75 Å². The zero-order chi connectivity index (χ0) is 15.9. The molecule has 0 saturated heterocycles. The van der Waals surface area contributed by atoms with Crippen molar-refractivity contribution in [3.63, 3.8) is 0 Å². The monoisotopic (exact) mass is 319 g/mol. The summed E-state index contributed by atoms with van der Waals surface area (Å²) in [5.41, 5.74) is -2.50. The van der Waals surface area contributed by atoms with Crippen LogP contribution in [0.2, 0.25) is 0 Å². The second-order valence-electron chi connectivity index (χ2n) is 4.34. The van der Waals surface area contributed by atoms with Gasteiger partial charge in [0.1, 0.15) is 11.3 Å². The molecular weight excluding hydrogens is 311 g/mol. The fourth-order valence-corrected chi connectivity index (χ4v) is 2.17. The van der Waals surface area contributed by atoms with E-state index in [4.69, 9.17) is 16.7 Å². The number of hydrogen-bond donors (Lipinski definition) is 2. The van der Waals surface area contributed by atoms with Gasteiger partial charge in [0.25, 0.3) is 0 Å². The highest BCUT2D eigenvalue weighted by Crippen LogP contribution is 2.40. The number of pyridine rings is 1. The van der Waals surface area contributed by atoms with Gasteiger partial charge in [-0.15, -0.1) is 11.6 Å². The van der Waals surface area contributed by atoms with E-state index in [2.05, 4.69) is 4.98 Å². The van der Waals surface area contributed by atoms with Crippen LogP contribution in [-0.2, 0) is 6.18 Å². The van der Waals surface area contributed by atoms with Crippen molar-refractivity contribution in [3.05, 3.63) is 35.0 Å². The predicted molar refractivity (Wildman–Crippen MR) is 69.6 cm³/mol. The summed E-state index contributed by atoms with van der Waals surface area (Å²) in [6.07, 6.45) is -4.68. The highest BCUT2D eigenvalue weighted by molar-refractivity contribution is 6.21. The van der Waals surface area contributed by atoms with E-state index in [0.717, 1.165) is 12.1 Å². The van der Waals surface area contributed by atoms with Gasteiger partial charge in [0.2, 0.25) is 0 Å². The molecule has 0 radical (unpaired) electrons. The van der Waals surface area contributed by atoms with E-state index in [-0.39, 0.29) is 11.1 Å². The van der Waals surface area contributed by atoms with Crippen molar-refractivity contribution < 1.29 is 28.2 Å². The molecule has 8 heteroatoms. The first-order valence-corrected chi connectivity index (χ1v) is 6.18. The molecule has 0 saturated carbocycles. The Hall–Kier alpha value is -2.02. The van der Waals surface area contributed by atoms with Gasteiger partial charge in [0.15, 0.2) is 0 Å². The van der Waals surface area contributed by atoms with E-state index in [1.165, 1.54) is 13.0 Å². The van der Waals surface area contributed by atoms with Gasteiger partial charge in [-0.3, -0.25) is 0 Å². The van der Waals surface area contributed by atoms with Crippen molar-refractivity contribution in [1.82, 2.24) is 4.98 Å². The zero-order valence-electron chi connectivity index (χ0n) is 10.6. The third-order valence-corrected chi connectivity index (χ3v) is 3.12. The number of carbonyl (C=O) groups is 1. The van der Waals surface area contributed by atoms with Gasteiger partial charge < -0.3 is 10.2 Å². The third kappa shape index (κ3) is 2.61. The number of halogens is 4. The minimum atomic E-state index is -4.68. The molecule has 1 unspecified atom stereocenters. The first-order chi connectivity index (χ1) is 9.64. The van der Waals surface area contributed by atoms with Crippen LogP contribution in [0.5, 0.6) is 5.75 Å². The number of para-hydroxylation sites is 1. The Kier molecular flexibility index (Phi) is 3.71. The third-order valence-electron chi connectivity index (χ3n) is 2.91. The predicted octanol–water partition coefficient (Wildman–Crippen LogP) is 3.96. The van der Waals surface area contributed by atoms with Crippen molar-refractivity contribution >= 4 is 28.5 Å². The minimum Gasteiger partial charge on any atom is -0.506 e. The van der Waals surface area contributed by atoms with Crippen LogP contribution >= 0.6 is 11.6 Å². The summed E-state index contributed by atoms with van der Waals surface area (Å²) in [6, 6.07) is 3.04. The lowest BCUT2D eigenvalue weighted by Crippen LogP contribution is -2.11. The number of hydrogen-bond acceptors (Lipinski definition) is 3. The summed E-state index contributed by atoms with van der Waals surface area (Å²) in [4.78, 5) is 14.9. The van der Waals surface area contributed by atoms with E-state index in [9.17, 15) is 23.1 Å². The molecule has 112 valence electrons. The molecule has 0 aliphatic carbocycles. The molecule has 0 amide bonds. The van der Waals surface area contributed by atoms with Gasteiger partial charge in [0.05, 0.1) is 22.2 Å². The van der Waals surface area contributed by atoms with Gasteiger partial charge in [0, 0.05) is 5.39 Å². The molecule has 1 heterocycles. The normalized spacial score (nSPS) is 13.4. The smallest absolute Gasteiger partial charge is 0.418 e. The second-order valence-corrected chi connectivity index (χ2v) is 5.00.